The normalized spacial score (nSPS) is 14.7. The van der Waals surface area contributed by atoms with Crippen molar-refractivity contribution in [1.82, 2.24) is 15.0 Å². The highest BCUT2D eigenvalue weighted by atomic mass is 19.1. The molecule has 2 unspecified atom stereocenters. The monoisotopic (exact) mass is 727 g/mol. The lowest BCUT2D eigenvalue weighted by Crippen LogP contribution is -2.07. The topological polar surface area (TPSA) is 38.7 Å². The Hall–Kier alpha value is -6.78. The van der Waals surface area contributed by atoms with Gasteiger partial charge in [-0.1, -0.05) is 164 Å². The van der Waals surface area contributed by atoms with Gasteiger partial charge in [-0.3, -0.25) is 9.97 Å². The van der Waals surface area contributed by atoms with E-state index in [2.05, 4.69) is 96.0 Å². The highest BCUT2D eigenvalue weighted by Gasteiger charge is 2.31. The summed E-state index contributed by atoms with van der Waals surface area (Å²) in [6.07, 6.45) is 7.55. The molecule has 1 aliphatic rings. The fraction of sp³-hybridized carbons (Fsp3) is 0.0962. The summed E-state index contributed by atoms with van der Waals surface area (Å²) in [5, 5.41) is 4.79. The molecule has 3 heterocycles. The van der Waals surface area contributed by atoms with Crippen molar-refractivity contribution in [3.05, 3.63) is 224 Å². The van der Waals surface area contributed by atoms with Crippen LogP contribution in [-0.4, -0.2) is 15.0 Å². The van der Waals surface area contributed by atoms with Crippen molar-refractivity contribution in [3.63, 3.8) is 0 Å². The maximum atomic E-state index is 13.2. The number of halogens is 1. The fourth-order valence-corrected chi connectivity index (χ4v) is 7.78. The number of rotatable bonds is 5. The molecule has 1 aliphatic carbocycles. The Balaban J connectivity index is 0.000000119. The van der Waals surface area contributed by atoms with Gasteiger partial charge in [0, 0.05) is 45.8 Å². The molecule has 1 saturated carbocycles. The summed E-state index contributed by atoms with van der Waals surface area (Å²) >= 11 is 0. The number of benzene rings is 6. The van der Waals surface area contributed by atoms with E-state index in [4.69, 9.17) is 9.97 Å². The molecule has 1 fully saturated rings. The zero-order valence-electron chi connectivity index (χ0n) is 31.1. The van der Waals surface area contributed by atoms with Crippen molar-refractivity contribution >= 4 is 21.5 Å². The van der Waals surface area contributed by atoms with E-state index in [1.807, 2.05) is 91.1 Å². The summed E-state index contributed by atoms with van der Waals surface area (Å²) in [6.45, 7) is 0. The number of hydrogen-bond donors (Lipinski definition) is 0. The van der Waals surface area contributed by atoms with Gasteiger partial charge in [0.05, 0.1) is 22.8 Å². The molecular formula is C52H42FN3. The largest absolute Gasteiger partial charge is 0.260 e. The SMILES string of the molecule is Fc1cccc(-c2nccc3ccccc23)c1.c1ccc(-c2cccc(-c3ccccc3)n2)cc1.c1ccc(C2CCCC2c2nccc3ccccc23)cc1. The van der Waals surface area contributed by atoms with Gasteiger partial charge >= 0.3 is 0 Å². The number of nitrogens with zero attached hydrogens (tertiary/aromatic N) is 3. The molecule has 10 rings (SSSR count). The molecule has 0 bridgehead atoms. The van der Waals surface area contributed by atoms with Gasteiger partial charge in [0.25, 0.3) is 0 Å². The lowest BCUT2D eigenvalue weighted by Gasteiger charge is -2.21. The van der Waals surface area contributed by atoms with Crippen molar-refractivity contribution in [1.29, 1.82) is 0 Å². The van der Waals surface area contributed by atoms with Gasteiger partial charge in [0.15, 0.2) is 0 Å². The van der Waals surface area contributed by atoms with Gasteiger partial charge in [-0.2, -0.15) is 0 Å². The summed E-state index contributed by atoms with van der Waals surface area (Å²) in [7, 11) is 0. The third-order valence-corrected chi connectivity index (χ3v) is 10.5. The van der Waals surface area contributed by atoms with Crippen LogP contribution in [0.3, 0.4) is 0 Å². The Morgan fingerprint density at radius 3 is 1.61 bits per heavy atom. The maximum Gasteiger partial charge on any atom is 0.123 e. The molecule has 0 amide bonds. The lowest BCUT2D eigenvalue weighted by atomic mass is 9.85. The van der Waals surface area contributed by atoms with Gasteiger partial charge in [-0.15, -0.1) is 0 Å². The van der Waals surface area contributed by atoms with Crippen LogP contribution in [0.15, 0.2) is 207 Å². The van der Waals surface area contributed by atoms with Crippen LogP contribution in [0.4, 0.5) is 4.39 Å². The summed E-state index contributed by atoms with van der Waals surface area (Å²) in [4.78, 5) is 13.8. The van der Waals surface area contributed by atoms with Gasteiger partial charge in [0.2, 0.25) is 0 Å². The molecule has 9 aromatic rings. The van der Waals surface area contributed by atoms with Crippen LogP contribution < -0.4 is 0 Å². The first-order valence-corrected chi connectivity index (χ1v) is 19.3. The minimum absolute atomic E-state index is 0.239. The number of pyridine rings is 3. The molecule has 3 aromatic heterocycles. The zero-order valence-corrected chi connectivity index (χ0v) is 31.1. The van der Waals surface area contributed by atoms with Gasteiger partial charge in [0.1, 0.15) is 5.82 Å². The summed E-state index contributed by atoms with van der Waals surface area (Å²) in [5.74, 6) is 0.931. The van der Waals surface area contributed by atoms with E-state index in [0.717, 1.165) is 44.5 Å². The molecule has 6 aromatic carbocycles. The Morgan fingerprint density at radius 2 is 0.946 bits per heavy atom. The number of hydrogen-bond acceptors (Lipinski definition) is 3. The minimum atomic E-state index is -0.239. The first-order valence-electron chi connectivity index (χ1n) is 19.3. The number of fused-ring (bicyclic) bond motifs is 2. The van der Waals surface area contributed by atoms with E-state index >= 15 is 0 Å². The summed E-state index contributed by atoms with van der Waals surface area (Å²) in [5.41, 5.74) is 8.71. The van der Waals surface area contributed by atoms with Crippen LogP contribution in [0.25, 0.3) is 55.3 Å². The first kappa shape index (κ1) is 36.2. The van der Waals surface area contributed by atoms with Gasteiger partial charge < -0.3 is 0 Å². The van der Waals surface area contributed by atoms with E-state index in [0.29, 0.717) is 11.8 Å². The average Bonchev–Trinajstić information content (AvgIpc) is 3.78. The van der Waals surface area contributed by atoms with E-state index in [-0.39, 0.29) is 5.82 Å². The average molecular weight is 728 g/mol. The van der Waals surface area contributed by atoms with Crippen LogP contribution in [0.5, 0.6) is 0 Å². The Morgan fingerprint density at radius 1 is 0.429 bits per heavy atom. The standard InChI is InChI=1S/C20H19N.C17H13N.C15H10FN/c1-2-7-15(8-3-1)17-11-6-12-19(17)20-18-10-5-4-9-16(18)13-14-21-20;1-3-8-14(9-4-1)16-12-7-13-17(18-16)15-10-5-2-6-11-15;16-13-6-3-5-12(10-13)15-14-7-2-1-4-11(14)8-9-17-15/h1-5,7-10,13-14,17,19H,6,11-12H2;1-13H;1-10H. The maximum absolute atomic E-state index is 13.2. The quantitative estimate of drug-likeness (QED) is 0.177. The molecule has 0 saturated heterocycles. The molecule has 0 aliphatic heterocycles. The highest BCUT2D eigenvalue weighted by Crippen LogP contribution is 2.46. The van der Waals surface area contributed by atoms with Crippen LogP contribution >= 0.6 is 0 Å². The first-order chi connectivity index (χ1) is 27.7. The molecule has 0 N–H and O–H groups in total. The second kappa shape index (κ2) is 17.6. The third kappa shape index (κ3) is 8.46. The molecule has 272 valence electrons. The van der Waals surface area contributed by atoms with E-state index < -0.39 is 0 Å². The van der Waals surface area contributed by atoms with E-state index in [1.54, 1.807) is 12.3 Å². The Bertz CT molecular complexity index is 2580. The summed E-state index contributed by atoms with van der Waals surface area (Å²) < 4.78 is 13.2. The zero-order chi connectivity index (χ0) is 37.9. The predicted octanol–water partition coefficient (Wildman–Crippen LogP) is 13.7. The van der Waals surface area contributed by atoms with E-state index in [9.17, 15) is 4.39 Å². The van der Waals surface area contributed by atoms with Gasteiger partial charge in [-0.05, 0) is 71.5 Å². The molecule has 0 radical (unpaired) electrons. The third-order valence-electron chi connectivity index (χ3n) is 10.5. The van der Waals surface area contributed by atoms with Crippen molar-refractivity contribution in [2.75, 3.05) is 0 Å². The second-order valence-electron chi connectivity index (χ2n) is 14.0. The van der Waals surface area contributed by atoms with Crippen molar-refractivity contribution in [2.45, 2.75) is 31.1 Å². The second-order valence-corrected chi connectivity index (χ2v) is 14.0. The van der Waals surface area contributed by atoms with E-state index in [1.165, 1.54) is 53.4 Å². The molecule has 3 nitrogen and oxygen atoms in total. The summed E-state index contributed by atoms with van der Waals surface area (Å²) in [6, 6.07) is 64.8. The molecule has 56 heavy (non-hydrogen) atoms. The predicted molar refractivity (Wildman–Crippen MR) is 230 cm³/mol. The van der Waals surface area contributed by atoms with Crippen molar-refractivity contribution in [3.8, 4) is 33.8 Å². The Kier molecular flexibility index (Phi) is 11.4. The lowest BCUT2D eigenvalue weighted by molar-refractivity contribution is 0.612. The van der Waals surface area contributed by atoms with Crippen LogP contribution in [-0.2, 0) is 0 Å². The van der Waals surface area contributed by atoms with Crippen LogP contribution in [0.1, 0.15) is 42.4 Å². The molecule has 2 atom stereocenters. The van der Waals surface area contributed by atoms with Gasteiger partial charge in [-0.25, -0.2) is 9.37 Å². The smallest absolute Gasteiger partial charge is 0.123 e. The molecule has 0 spiro atoms. The number of aromatic nitrogens is 3. The Labute approximate surface area is 328 Å². The molecular weight excluding hydrogens is 686 g/mol. The van der Waals surface area contributed by atoms with Crippen LogP contribution in [0.2, 0.25) is 0 Å². The fourth-order valence-electron chi connectivity index (χ4n) is 7.78. The molecule has 4 heteroatoms. The minimum Gasteiger partial charge on any atom is -0.260 e. The highest BCUT2D eigenvalue weighted by molar-refractivity contribution is 5.94. The van der Waals surface area contributed by atoms with Crippen molar-refractivity contribution in [2.24, 2.45) is 0 Å². The van der Waals surface area contributed by atoms with Crippen LogP contribution in [0, 0.1) is 5.82 Å². The van der Waals surface area contributed by atoms with Crippen molar-refractivity contribution < 1.29 is 4.39 Å².